The quantitative estimate of drug-likeness (QED) is 0.322. The highest BCUT2D eigenvalue weighted by atomic mass is 127. The van der Waals surface area contributed by atoms with Gasteiger partial charge >= 0.3 is 0 Å². The Labute approximate surface area is 221 Å². The second-order valence-corrected chi connectivity index (χ2v) is 11.6. The Kier molecular flexibility index (Phi) is 7.76. The SMILES string of the molecule is CN(Cc1ccncc1)S(=O)(=O)c1c(F)c(F)c(Nc2ccc(I)cc2)c(C(N)=O)c1OCC1CC1. The van der Waals surface area contributed by atoms with E-state index in [9.17, 15) is 13.2 Å². The third kappa shape index (κ3) is 5.60. The lowest BCUT2D eigenvalue weighted by molar-refractivity contribution is 0.0995. The largest absolute Gasteiger partial charge is 0.491 e. The molecule has 12 heteroatoms. The van der Waals surface area contributed by atoms with Crippen LogP contribution >= 0.6 is 22.6 Å². The lowest BCUT2D eigenvalue weighted by Gasteiger charge is -2.23. The number of carbonyl (C=O) groups excluding carboxylic acids is 1. The summed E-state index contributed by atoms with van der Waals surface area (Å²) in [5.41, 5.74) is 5.32. The lowest BCUT2D eigenvalue weighted by atomic mass is 10.1. The molecule has 2 aromatic carbocycles. The van der Waals surface area contributed by atoms with Gasteiger partial charge in [0.1, 0.15) is 5.56 Å². The summed E-state index contributed by atoms with van der Waals surface area (Å²) in [6.07, 6.45) is 4.65. The van der Waals surface area contributed by atoms with Crippen LogP contribution in [0, 0.1) is 21.1 Å². The lowest BCUT2D eigenvalue weighted by Crippen LogP contribution is -2.30. The molecular formula is C24H23F2IN4O4S. The number of rotatable bonds is 10. The monoisotopic (exact) mass is 628 g/mol. The molecule has 1 fully saturated rings. The topological polar surface area (TPSA) is 115 Å². The van der Waals surface area contributed by atoms with E-state index in [0.29, 0.717) is 11.3 Å². The summed E-state index contributed by atoms with van der Waals surface area (Å²) in [5.74, 6) is -4.88. The molecule has 8 nitrogen and oxygen atoms in total. The third-order valence-corrected chi connectivity index (χ3v) is 8.19. The highest BCUT2D eigenvalue weighted by molar-refractivity contribution is 14.1. The second-order valence-electron chi connectivity index (χ2n) is 8.40. The first-order chi connectivity index (χ1) is 17.1. The fourth-order valence-corrected chi connectivity index (χ4v) is 5.22. The molecule has 36 heavy (non-hydrogen) atoms. The standard InChI is InChI=1S/C24H23F2IN4O4S/c1-31(12-14-8-10-29-11-9-14)36(33,34)23-20(26)19(25)21(30-17-6-4-16(27)5-7-17)18(24(28)32)22(23)35-13-15-2-3-15/h4-11,15,30H,2-3,12-13H2,1H3,(H2,28,32). The Morgan fingerprint density at radius 2 is 1.81 bits per heavy atom. The van der Waals surface area contributed by atoms with Gasteiger partial charge in [-0.15, -0.1) is 0 Å². The Morgan fingerprint density at radius 1 is 1.17 bits per heavy atom. The van der Waals surface area contributed by atoms with Gasteiger partial charge < -0.3 is 15.8 Å². The van der Waals surface area contributed by atoms with Crippen molar-refractivity contribution in [2.75, 3.05) is 19.0 Å². The van der Waals surface area contributed by atoms with Crippen LogP contribution in [0.4, 0.5) is 20.2 Å². The van der Waals surface area contributed by atoms with Crippen molar-refractivity contribution in [1.82, 2.24) is 9.29 Å². The number of sulfonamides is 1. The van der Waals surface area contributed by atoms with E-state index in [1.165, 1.54) is 19.4 Å². The van der Waals surface area contributed by atoms with E-state index >= 15 is 8.78 Å². The van der Waals surface area contributed by atoms with E-state index in [4.69, 9.17) is 10.5 Å². The molecule has 0 bridgehead atoms. The van der Waals surface area contributed by atoms with Crippen LogP contribution in [0.5, 0.6) is 5.75 Å². The molecule has 0 aliphatic heterocycles. The Hall–Kier alpha value is -2.84. The first-order valence-corrected chi connectivity index (χ1v) is 13.5. The average molecular weight is 628 g/mol. The molecule has 3 N–H and O–H groups in total. The van der Waals surface area contributed by atoms with Crippen LogP contribution in [0.1, 0.15) is 28.8 Å². The number of amides is 1. The zero-order valence-electron chi connectivity index (χ0n) is 19.2. The summed E-state index contributed by atoms with van der Waals surface area (Å²) >= 11 is 2.08. The van der Waals surface area contributed by atoms with Gasteiger partial charge in [0.05, 0.1) is 12.3 Å². The van der Waals surface area contributed by atoms with Gasteiger partial charge in [-0.05, 0) is 83.3 Å². The van der Waals surface area contributed by atoms with E-state index < -0.39 is 49.5 Å². The van der Waals surface area contributed by atoms with Gasteiger partial charge in [0.15, 0.2) is 22.3 Å². The highest BCUT2D eigenvalue weighted by Crippen LogP contribution is 2.42. The van der Waals surface area contributed by atoms with Gasteiger partial charge in [-0.2, -0.15) is 4.31 Å². The number of anilines is 2. The summed E-state index contributed by atoms with van der Waals surface area (Å²) in [7, 11) is -3.44. The molecule has 0 atom stereocenters. The Bertz CT molecular complexity index is 1390. The third-order valence-electron chi connectivity index (χ3n) is 5.64. The molecule has 0 saturated heterocycles. The number of nitrogens with zero attached hydrogens (tertiary/aromatic N) is 2. The van der Waals surface area contributed by atoms with Crippen LogP contribution < -0.4 is 15.8 Å². The predicted molar refractivity (Wildman–Crippen MR) is 138 cm³/mol. The van der Waals surface area contributed by atoms with Crippen LogP contribution in [0.2, 0.25) is 0 Å². The van der Waals surface area contributed by atoms with E-state index in [1.54, 1.807) is 36.4 Å². The summed E-state index contributed by atoms with van der Waals surface area (Å²) in [5, 5.41) is 2.67. The number of aromatic nitrogens is 1. The number of nitrogens with one attached hydrogen (secondary N) is 1. The van der Waals surface area contributed by atoms with Crippen molar-refractivity contribution < 1.29 is 26.7 Å². The molecule has 1 amide bonds. The molecule has 1 aliphatic rings. The van der Waals surface area contributed by atoms with Crippen LogP contribution in [-0.2, 0) is 16.6 Å². The minimum absolute atomic E-state index is 0.0327. The van der Waals surface area contributed by atoms with Crippen molar-refractivity contribution in [2.24, 2.45) is 11.7 Å². The Balaban J connectivity index is 1.86. The molecule has 0 spiro atoms. The molecular weight excluding hydrogens is 605 g/mol. The van der Waals surface area contributed by atoms with Gasteiger partial charge in [-0.3, -0.25) is 9.78 Å². The van der Waals surface area contributed by atoms with Crippen molar-refractivity contribution in [1.29, 1.82) is 0 Å². The second kappa shape index (κ2) is 10.6. The van der Waals surface area contributed by atoms with Crippen molar-refractivity contribution >= 4 is 49.9 Å². The zero-order valence-corrected chi connectivity index (χ0v) is 22.1. The first kappa shape index (κ1) is 26.2. The maximum absolute atomic E-state index is 15.6. The van der Waals surface area contributed by atoms with Crippen LogP contribution in [0.15, 0.2) is 53.7 Å². The van der Waals surface area contributed by atoms with E-state index in [1.807, 2.05) is 0 Å². The first-order valence-electron chi connectivity index (χ1n) is 10.9. The van der Waals surface area contributed by atoms with Crippen LogP contribution in [-0.4, -0.2) is 37.3 Å². The fourth-order valence-electron chi connectivity index (χ4n) is 3.52. The maximum atomic E-state index is 15.6. The number of pyridine rings is 1. The van der Waals surface area contributed by atoms with E-state index in [0.717, 1.165) is 20.7 Å². The molecule has 1 aromatic heterocycles. The molecule has 1 aliphatic carbocycles. The molecule has 190 valence electrons. The summed E-state index contributed by atoms with van der Waals surface area (Å²) < 4.78 is 65.6. The molecule has 0 radical (unpaired) electrons. The fraction of sp³-hybridized carbons (Fsp3) is 0.250. The average Bonchev–Trinajstić information content (AvgIpc) is 3.67. The van der Waals surface area contributed by atoms with Crippen molar-refractivity contribution in [3.05, 3.63) is 75.1 Å². The molecule has 4 rings (SSSR count). The molecule has 1 saturated carbocycles. The maximum Gasteiger partial charge on any atom is 0.254 e. The van der Waals surface area contributed by atoms with Gasteiger partial charge in [0, 0.05) is 35.2 Å². The number of hydrogen-bond acceptors (Lipinski definition) is 6. The number of hydrogen-bond donors (Lipinski definition) is 2. The number of benzene rings is 2. The predicted octanol–water partition coefficient (Wildman–Crippen LogP) is 4.42. The molecule has 1 heterocycles. The smallest absolute Gasteiger partial charge is 0.254 e. The summed E-state index contributed by atoms with van der Waals surface area (Å²) in [6, 6.07) is 9.83. The van der Waals surface area contributed by atoms with Gasteiger partial charge in [0.25, 0.3) is 5.91 Å². The van der Waals surface area contributed by atoms with Gasteiger partial charge in [0.2, 0.25) is 10.0 Å². The van der Waals surface area contributed by atoms with Gasteiger partial charge in [-0.25, -0.2) is 17.2 Å². The minimum Gasteiger partial charge on any atom is -0.491 e. The highest BCUT2D eigenvalue weighted by Gasteiger charge is 2.38. The molecule has 3 aromatic rings. The van der Waals surface area contributed by atoms with Crippen LogP contribution in [0.25, 0.3) is 0 Å². The summed E-state index contributed by atoms with van der Waals surface area (Å²) in [4.78, 5) is 15.4. The van der Waals surface area contributed by atoms with Crippen molar-refractivity contribution in [3.8, 4) is 5.75 Å². The molecule has 0 unspecified atom stereocenters. The normalized spacial score (nSPS) is 13.6. The minimum atomic E-state index is -4.66. The van der Waals surface area contributed by atoms with Gasteiger partial charge in [-0.1, -0.05) is 0 Å². The number of nitrogens with two attached hydrogens (primary N) is 1. The van der Waals surface area contributed by atoms with Crippen molar-refractivity contribution in [2.45, 2.75) is 24.3 Å². The number of primary amides is 1. The van der Waals surface area contributed by atoms with Crippen molar-refractivity contribution in [3.63, 3.8) is 0 Å². The summed E-state index contributed by atoms with van der Waals surface area (Å²) in [6.45, 7) is -0.118. The van der Waals surface area contributed by atoms with E-state index in [2.05, 4.69) is 32.9 Å². The number of ether oxygens (including phenoxy) is 1. The zero-order chi connectivity index (χ0) is 26.0. The Morgan fingerprint density at radius 3 is 2.39 bits per heavy atom. The van der Waals surface area contributed by atoms with Crippen LogP contribution in [0.3, 0.4) is 0 Å². The number of carbonyl (C=O) groups is 1. The number of halogens is 3. The van der Waals surface area contributed by atoms with E-state index in [-0.39, 0.29) is 19.1 Å².